The molecule has 4 nitrogen and oxygen atoms in total. The highest BCUT2D eigenvalue weighted by Crippen LogP contribution is 2.33. The summed E-state index contributed by atoms with van der Waals surface area (Å²) in [5, 5.41) is 10.6. The maximum absolute atomic E-state index is 10.2. The third-order valence-electron chi connectivity index (χ3n) is 2.27. The third-order valence-corrected chi connectivity index (χ3v) is 3.20. The highest BCUT2D eigenvalue weighted by atomic mass is 32.2. The fourth-order valence-electron chi connectivity index (χ4n) is 1.43. The van der Waals surface area contributed by atoms with Crippen LogP contribution in [-0.4, -0.2) is 23.1 Å². The van der Waals surface area contributed by atoms with Gasteiger partial charge in [0.1, 0.15) is 5.75 Å². The van der Waals surface area contributed by atoms with E-state index in [4.69, 9.17) is 10.5 Å². The van der Waals surface area contributed by atoms with E-state index in [9.17, 15) is 5.11 Å². The Hall–Kier alpha value is -1.20. The van der Waals surface area contributed by atoms with Crippen molar-refractivity contribution in [3.8, 4) is 5.75 Å². The Morgan fingerprint density at radius 2 is 2.13 bits per heavy atom. The van der Waals surface area contributed by atoms with Crippen LogP contribution in [0.2, 0.25) is 0 Å². The summed E-state index contributed by atoms with van der Waals surface area (Å²) in [4.78, 5) is 4.02. The summed E-state index contributed by atoms with van der Waals surface area (Å²) >= 11 is 1.36. The quantitative estimate of drug-likeness (QED) is 0.783. The molecule has 0 fully saturated rings. The standard InChI is InChI=1S/C10H12N2O2S/c1-14-8-4-2-7(3-5-8)10(13)6-15-9(11)12-10/h2-5,13H,6H2,1H3,(H2,11,12). The number of benzene rings is 1. The van der Waals surface area contributed by atoms with Gasteiger partial charge < -0.3 is 15.6 Å². The van der Waals surface area contributed by atoms with Gasteiger partial charge in [0.25, 0.3) is 0 Å². The number of hydrogen-bond donors (Lipinski definition) is 2. The van der Waals surface area contributed by atoms with Gasteiger partial charge in [-0.25, -0.2) is 4.99 Å². The highest BCUT2D eigenvalue weighted by molar-refractivity contribution is 8.14. The molecular weight excluding hydrogens is 212 g/mol. The minimum absolute atomic E-state index is 0.424. The summed E-state index contributed by atoms with van der Waals surface area (Å²) in [5.74, 6) is 1.22. The third kappa shape index (κ3) is 1.93. The van der Waals surface area contributed by atoms with Gasteiger partial charge in [-0.2, -0.15) is 0 Å². The van der Waals surface area contributed by atoms with Crippen LogP contribution in [0.4, 0.5) is 0 Å². The summed E-state index contributed by atoms with van der Waals surface area (Å²) in [6, 6.07) is 7.17. The van der Waals surface area contributed by atoms with Crippen LogP contribution in [0.3, 0.4) is 0 Å². The number of aliphatic imine (C=N–C) groups is 1. The molecule has 0 saturated carbocycles. The Kier molecular flexibility index (Phi) is 2.58. The molecule has 5 heteroatoms. The van der Waals surface area contributed by atoms with Crippen LogP contribution in [0.1, 0.15) is 5.56 Å². The fraction of sp³-hybridized carbons (Fsp3) is 0.300. The van der Waals surface area contributed by atoms with E-state index in [1.807, 2.05) is 0 Å². The number of methoxy groups -OCH3 is 1. The van der Waals surface area contributed by atoms with Crippen LogP contribution in [-0.2, 0) is 5.72 Å². The van der Waals surface area contributed by atoms with E-state index in [1.165, 1.54) is 11.8 Å². The first-order chi connectivity index (χ1) is 7.14. The topological polar surface area (TPSA) is 67.8 Å². The first-order valence-corrected chi connectivity index (χ1v) is 5.48. The molecule has 1 heterocycles. The van der Waals surface area contributed by atoms with E-state index in [-0.39, 0.29) is 0 Å². The van der Waals surface area contributed by atoms with Crippen molar-refractivity contribution >= 4 is 16.9 Å². The molecule has 1 aliphatic rings. The zero-order chi connectivity index (χ0) is 10.9. The normalized spacial score (nSPS) is 25.1. The summed E-state index contributed by atoms with van der Waals surface area (Å²) in [5.41, 5.74) is 5.09. The van der Waals surface area contributed by atoms with Gasteiger partial charge in [0, 0.05) is 5.56 Å². The molecule has 0 amide bonds. The average Bonchev–Trinajstić information content (AvgIpc) is 2.60. The van der Waals surface area contributed by atoms with Crippen molar-refractivity contribution in [3.63, 3.8) is 0 Å². The number of amidine groups is 1. The minimum atomic E-state index is -1.18. The monoisotopic (exact) mass is 224 g/mol. The largest absolute Gasteiger partial charge is 0.497 e. The Bertz CT molecular complexity index is 391. The van der Waals surface area contributed by atoms with Gasteiger partial charge >= 0.3 is 0 Å². The summed E-state index contributed by atoms with van der Waals surface area (Å²) in [6.07, 6.45) is 0. The summed E-state index contributed by atoms with van der Waals surface area (Å²) in [6.45, 7) is 0. The molecule has 3 N–H and O–H groups in total. The molecule has 1 aromatic rings. The van der Waals surface area contributed by atoms with Gasteiger partial charge in [-0.05, 0) is 12.1 Å². The Balaban J connectivity index is 2.30. The molecule has 1 atom stereocenters. The number of rotatable bonds is 2. The fourth-order valence-corrected chi connectivity index (χ4v) is 2.22. The molecule has 0 aliphatic carbocycles. The minimum Gasteiger partial charge on any atom is -0.497 e. The summed E-state index contributed by atoms with van der Waals surface area (Å²) < 4.78 is 5.04. The van der Waals surface area contributed by atoms with Crippen LogP contribution < -0.4 is 10.5 Å². The maximum atomic E-state index is 10.2. The van der Waals surface area contributed by atoms with E-state index < -0.39 is 5.72 Å². The smallest absolute Gasteiger partial charge is 0.194 e. The molecule has 1 unspecified atom stereocenters. The van der Waals surface area contributed by atoms with Crippen LogP contribution in [0.15, 0.2) is 29.3 Å². The zero-order valence-corrected chi connectivity index (χ0v) is 9.12. The van der Waals surface area contributed by atoms with Crippen molar-refractivity contribution in [2.45, 2.75) is 5.72 Å². The lowest BCUT2D eigenvalue weighted by atomic mass is 10.1. The van der Waals surface area contributed by atoms with Gasteiger partial charge in [-0.3, -0.25) is 0 Å². The number of ether oxygens (including phenoxy) is 1. The molecule has 0 aromatic heterocycles. The maximum Gasteiger partial charge on any atom is 0.194 e. The SMILES string of the molecule is COc1ccc(C2(O)CSC(N)=N2)cc1. The predicted octanol–water partition coefficient (Wildman–Crippen LogP) is 0.902. The molecule has 0 radical (unpaired) electrons. The molecule has 80 valence electrons. The Morgan fingerprint density at radius 1 is 1.47 bits per heavy atom. The molecule has 15 heavy (non-hydrogen) atoms. The predicted molar refractivity (Wildman–Crippen MR) is 61.0 cm³/mol. The lowest BCUT2D eigenvalue weighted by Gasteiger charge is -2.18. The van der Waals surface area contributed by atoms with Crippen molar-refractivity contribution in [3.05, 3.63) is 29.8 Å². The van der Waals surface area contributed by atoms with Crippen LogP contribution in [0.5, 0.6) is 5.75 Å². The van der Waals surface area contributed by atoms with E-state index in [1.54, 1.807) is 31.4 Å². The van der Waals surface area contributed by atoms with Gasteiger partial charge in [0.05, 0.1) is 12.9 Å². The second kappa shape index (κ2) is 3.75. The summed E-state index contributed by atoms with van der Waals surface area (Å²) in [7, 11) is 1.60. The van der Waals surface area contributed by atoms with Crippen molar-refractivity contribution < 1.29 is 9.84 Å². The lowest BCUT2D eigenvalue weighted by Crippen LogP contribution is -2.23. The van der Waals surface area contributed by atoms with Crippen LogP contribution >= 0.6 is 11.8 Å². The van der Waals surface area contributed by atoms with Gasteiger partial charge in [-0.1, -0.05) is 23.9 Å². The number of nitrogens with zero attached hydrogens (tertiary/aromatic N) is 1. The second-order valence-corrected chi connectivity index (χ2v) is 4.28. The van der Waals surface area contributed by atoms with Crippen molar-refractivity contribution in [2.75, 3.05) is 12.9 Å². The van der Waals surface area contributed by atoms with Crippen LogP contribution in [0, 0.1) is 0 Å². The highest BCUT2D eigenvalue weighted by Gasteiger charge is 2.34. The Labute approximate surface area is 92.2 Å². The first-order valence-electron chi connectivity index (χ1n) is 4.49. The van der Waals surface area contributed by atoms with Crippen molar-refractivity contribution in [2.24, 2.45) is 10.7 Å². The van der Waals surface area contributed by atoms with Gasteiger partial charge in [-0.15, -0.1) is 0 Å². The number of aliphatic hydroxyl groups is 1. The van der Waals surface area contributed by atoms with E-state index in [2.05, 4.69) is 4.99 Å². The molecular formula is C10H12N2O2S. The zero-order valence-electron chi connectivity index (χ0n) is 8.30. The molecule has 1 aliphatic heterocycles. The second-order valence-electron chi connectivity index (χ2n) is 3.28. The first kappa shape index (κ1) is 10.3. The molecule has 0 bridgehead atoms. The number of thioether (sulfide) groups is 1. The van der Waals surface area contributed by atoms with Gasteiger partial charge in [0.15, 0.2) is 10.9 Å². The average molecular weight is 224 g/mol. The molecule has 2 rings (SSSR count). The molecule has 1 aromatic carbocycles. The number of hydrogen-bond acceptors (Lipinski definition) is 5. The Morgan fingerprint density at radius 3 is 2.60 bits per heavy atom. The number of nitrogens with two attached hydrogens (primary N) is 1. The molecule has 0 spiro atoms. The van der Waals surface area contributed by atoms with E-state index >= 15 is 0 Å². The van der Waals surface area contributed by atoms with Crippen LogP contribution in [0.25, 0.3) is 0 Å². The van der Waals surface area contributed by atoms with E-state index in [0.29, 0.717) is 10.9 Å². The lowest BCUT2D eigenvalue weighted by molar-refractivity contribution is 0.0757. The van der Waals surface area contributed by atoms with Gasteiger partial charge in [0.2, 0.25) is 0 Å². The van der Waals surface area contributed by atoms with E-state index in [0.717, 1.165) is 11.3 Å². The van der Waals surface area contributed by atoms with Crippen molar-refractivity contribution in [1.82, 2.24) is 0 Å². The van der Waals surface area contributed by atoms with Crippen molar-refractivity contribution in [1.29, 1.82) is 0 Å². The molecule has 0 saturated heterocycles.